The lowest BCUT2D eigenvalue weighted by atomic mass is 10.1. The van der Waals surface area contributed by atoms with Crippen LogP contribution in [0.5, 0.6) is 0 Å². The molecule has 0 aliphatic heterocycles. The molecule has 1 N–H and O–H groups in total. The van der Waals surface area contributed by atoms with Gasteiger partial charge in [-0.1, -0.05) is 23.8 Å². The molecule has 0 bridgehead atoms. The Bertz CT molecular complexity index is 412. The smallest absolute Gasteiger partial charge is 0.0326 e. The van der Waals surface area contributed by atoms with Crippen LogP contribution in [0.3, 0.4) is 0 Å². The fourth-order valence-corrected chi connectivity index (χ4v) is 2.80. The van der Waals surface area contributed by atoms with Gasteiger partial charge in [0.2, 0.25) is 0 Å². The van der Waals surface area contributed by atoms with E-state index < -0.39 is 0 Å². The number of hydrogen-bond acceptors (Lipinski definition) is 2. The maximum absolute atomic E-state index is 3.73. The largest absolute Gasteiger partial charge is 0.310 e. The number of fused-ring (bicyclic) bond motifs is 1. The highest BCUT2D eigenvalue weighted by atomic mass is 15.1. The Hall–Kier alpha value is -0.860. The highest BCUT2D eigenvalue weighted by molar-refractivity contribution is 5.37. The molecule has 2 heteroatoms. The lowest BCUT2D eigenvalue weighted by Crippen LogP contribution is -2.30. The van der Waals surface area contributed by atoms with E-state index in [1.807, 2.05) is 0 Å². The molecule has 1 aliphatic rings. The Labute approximate surface area is 118 Å². The molecule has 0 saturated heterocycles. The average Bonchev–Trinajstić information content (AvgIpc) is 2.76. The van der Waals surface area contributed by atoms with E-state index in [1.54, 1.807) is 5.56 Å². The first-order chi connectivity index (χ1) is 9.08. The molecular formula is C17H28N2. The summed E-state index contributed by atoms with van der Waals surface area (Å²) in [4.78, 5) is 2.41. The molecule has 0 saturated carbocycles. The van der Waals surface area contributed by atoms with E-state index in [1.165, 1.54) is 36.9 Å². The highest BCUT2D eigenvalue weighted by Crippen LogP contribution is 2.31. The molecule has 1 aliphatic carbocycles. The predicted molar refractivity (Wildman–Crippen MR) is 82.6 cm³/mol. The number of hydrogen-bond donors (Lipinski definition) is 1. The Balaban J connectivity index is 1.78. The van der Waals surface area contributed by atoms with Crippen LogP contribution in [0.25, 0.3) is 0 Å². The minimum Gasteiger partial charge on any atom is -0.310 e. The average molecular weight is 260 g/mol. The van der Waals surface area contributed by atoms with Crippen LogP contribution in [0.2, 0.25) is 0 Å². The van der Waals surface area contributed by atoms with Gasteiger partial charge in [-0.15, -0.1) is 0 Å². The third kappa shape index (κ3) is 3.80. The molecule has 0 amide bonds. The molecule has 0 fully saturated rings. The lowest BCUT2D eigenvalue weighted by Gasteiger charge is -2.21. The summed E-state index contributed by atoms with van der Waals surface area (Å²) in [5, 5.41) is 3.73. The summed E-state index contributed by atoms with van der Waals surface area (Å²) in [7, 11) is 2.21. The van der Waals surface area contributed by atoms with Crippen LogP contribution < -0.4 is 5.32 Å². The summed E-state index contributed by atoms with van der Waals surface area (Å²) in [6.45, 7) is 8.99. The molecule has 2 rings (SSSR count). The topological polar surface area (TPSA) is 15.3 Å². The van der Waals surface area contributed by atoms with E-state index in [2.05, 4.69) is 56.2 Å². The Morgan fingerprint density at radius 2 is 2.16 bits per heavy atom. The van der Waals surface area contributed by atoms with Crippen LogP contribution in [0.4, 0.5) is 0 Å². The SMILES string of the molecule is Cc1ccc2c(c1)C(NCCCN(C)C(C)C)CC2. The van der Waals surface area contributed by atoms with Crippen molar-refractivity contribution in [1.29, 1.82) is 0 Å². The van der Waals surface area contributed by atoms with Gasteiger partial charge in [-0.05, 0) is 71.3 Å². The third-order valence-corrected chi connectivity index (χ3v) is 4.34. The fraction of sp³-hybridized carbons (Fsp3) is 0.647. The van der Waals surface area contributed by atoms with Gasteiger partial charge in [-0.2, -0.15) is 0 Å². The normalized spacial score (nSPS) is 18.3. The summed E-state index contributed by atoms with van der Waals surface area (Å²) in [5.41, 5.74) is 4.46. The molecule has 2 nitrogen and oxygen atoms in total. The van der Waals surface area contributed by atoms with Crippen LogP contribution in [0, 0.1) is 6.92 Å². The second-order valence-corrected chi connectivity index (χ2v) is 6.18. The Morgan fingerprint density at radius 1 is 1.37 bits per heavy atom. The summed E-state index contributed by atoms with van der Waals surface area (Å²) >= 11 is 0. The summed E-state index contributed by atoms with van der Waals surface area (Å²) in [6.07, 6.45) is 3.73. The highest BCUT2D eigenvalue weighted by Gasteiger charge is 2.21. The molecule has 0 spiro atoms. The second-order valence-electron chi connectivity index (χ2n) is 6.18. The summed E-state index contributed by atoms with van der Waals surface area (Å²) in [6, 6.07) is 8.13. The van der Waals surface area contributed by atoms with Gasteiger partial charge >= 0.3 is 0 Å². The van der Waals surface area contributed by atoms with Gasteiger partial charge in [0.1, 0.15) is 0 Å². The van der Waals surface area contributed by atoms with Crippen molar-refractivity contribution in [3.63, 3.8) is 0 Å². The Kier molecular flexibility index (Phi) is 5.00. The lowest BCUT2D eigenvalue weighted by molar-refractivity contribution is 0.267. The molecule has 1 aromatic carbocycles. The van der Waals surface area contributed by atoms with Crippen LogP contribution in [-0.2, 0) is 6.42 Å². The van der Waals surface area contributed by atoms with Crippen molar-refractivity contribution in [2.75, 3.05) is 20.1 Å². The van der Waals surface area contributed by atoms with Gasteiger partial charge < -0.3 is 10.2 Å². The van der Waals surface area contributed by atoms with Gasteiger partial charge in [0, 0.05) is 12.1 Å². The fourth-order valence-electron chi connectivity index (χ4n) is 2.80. The van der Waals surface area contributed by atoms with Crippen molar-refractivity contribution in [1.82, 2.24) is 10.2 Å². The molecule has 0 aromatic heterocycles. The monoisotopic (exact) mass is 260 g/mol. The van der Waals surface area contributed by atoms with Crippen molar-refractivity contribution in [2.45, 2.75) is 52.1 Å². The van der Waals surface area contributed by atoms with Crippen molar-refractivity contribution in [2.24, 2.45) is 0 Å². The van der Waals surface area contributed by atoms with Crippen LogP contribution in [-0.4, -0.2) is 31.1 Å². The molecule has 1 atom stereocenters. The zero-order valence-electron chi connectivity index (χ0n) is 12.9. The summed E-state index contributed by atoms with van der Waals surface area (Å²) in [5.74, 6) is 0. The zero-order valence-corrected chi connectivity index (χ0v) is 12.9. The van der Waals surface area contributed by atoms with E-state index >= 15 is 0 Å². The molecule has 19 heavy (non-hydrogen) atoms. The number of benzene rings is 1. The predicted octanol–water partition coefficient (Wildman–Crippen LogP) is 3.30. The van der Waals surface area contributed by atoms with Crippen molar-refractivity contribution in [3.05, 3.63) is 34.9 Å². The number of nitrogens with zero attached hydrogens (tertiary/aromatic N) is 1. The number of nitrogens with one attached hydrogen (secondary N) is 1. The van der Waals surface area contributed by atoms with E-state index in [-0.39, 0.29) is 0 Å². The minimum absolute atomic E-state index is 0.583. The van der Waals surface area contributed by atoms with Crippen molar-refractivity contribution in [3.8, 4) is 0 Å². The quantitative estimate of drug-likeness (QED) is 0.790. The van der Waals surface area contributed by atoms with E-state index in [9.17, 15) is 0 Å². The standard InChI is InChI=1S/C17H28N2/c1-13(2)19(4)11-5-10-18-17-9-8-15-7-6-14(3)12-16(15)17/h6-7,12-13,17-18H,5,8-11H2,1-4H3. The molecular weight excluding hydrogens is 232 g/mol. The van der Waals surface area contributed by atoms with Crippen molar-refractivity contribution < 1.29 is 0 Å². The molecule has 0 radical (unpaired) electrons. The first-order valence-corrected chi connectivity index (χ1v) is 7.61. The van der Waals surface area contributed by atoms with Crippen molar-refractivity contribution >= 4 is 0 Å². The molecule has 1 aromatic rings. The summed E-state index contributed by atoms with van der Waals surface area (Å²) < 4.78 is 0. The first kappa shape index (κ1) is 14.5. The van der Waals surface area contributed by atoms with E-state index in [4.69, 9.17) is 0 Å². The maximum atomic E-state index is 3.73. The molecule has 1 unspecified atom stereocenters. The first-order valence-electron chi connectivity index (χ1n) is 7.61. The van der Waals surface area contributed by atoms with Gasteiger partial charge in [0.05, 0.1) is 0 Å². The zero-order chi connectivity index (χ0) is 13.8. The van der Waals surface area contributed by atoms with E-state index in [0.717, 1.165) is 6.54 Å². The third-order valence-electron chi connectivity index (χ3n) is 4.34. The number of aryl methyl sites for hydroxylation is 2. The van der Waals surface area contributed by atoms with Crippen LogP contribution in [0.15, 0.2) is 18.2 Å². The molecule has 106 valence electrons. The van der Waals surface area contributed by atoms with E-state index in [0.29, 0.717) is 12.1 Å². The second kappa shape index (κ2) is 6.53. The number of rotatable bonds is 6. The van der Waals surface area contributed by atoms with Gasteiger partial charge in [0.25, 0.3) is 0 Å². The minimum atomic E-state index is 0.583. The van der Waals surface area contributed by atoms with Crippen LogP contribution in [0.1, 0.15) is 49.4 Å². The molecule has 0 heterocycles. The van der Waals surface area contributed by atoms with Gasteiger partial charge in [-0.3, -0.25) is 0 Å². The van der Waals surface area contributed by atoms with Gasteiger partial charge in [0.15, 0.2) is 0 Å². The Morgan fingerprint density at radius 3 is 2.89 bits per heavy atom. The van der Waals surface area contributed by atoms with Gasteiger partial charge in [-0.25, -0.2) is 0 Å². The van der Waals surface area contributed by atoms with Crippen LogP contribution >= 0.6 is 0 Å². The maximum Gasteiger partial charge on any atom is 0.0326 e.